The SMILES string of the molecule is COc1ccc(OC)c(-c2[c]ccc(NC(=O)c3ccccc3)c2)c1. The molecule has 125 valence electrons. The van der Waals surface area contributed by atoms with Gasteiger partial charge >= 0.3 is 0 Å². The number of anilines is 1. The van der Waals surface area contributed by atoms with Gasteiger partial charge in [0.15, 0.2) is 0 Å². The fourth-order valence-corrected chi connectivity index (χ4v) is 2.52. The number of hydrogen-bond donors (Lipinski definition) is 1. The van der Waals surface area contributed by atoms with Gasteiger partial charge in [0, 0.05) is 16.8 Å². The van der Waals surface area contributed by atoms with E-state index < -0.39 is 0 Å². The fourth-order valence-electron chi connectivity index (χ4n) is 2.52. The predicted molar refractivity (Wildman–Crippen MR) is 98.2 cm³/mol. The molecule has 1 radical (unpaired) electrons. The van der Waals surface area contributed by atoms with Crippen molar-refractivity contribution < 1.29 is 14.3 Å². The van der Waals surface area contributed by atoms with E-state index in [0.29, 0.717) is 17.0 Å². The summed E-state index contributed by atoms with van der Waals surface area (Å²) in [7, 11) is 3.23. The molecule has 3 aromatic carbocycles. The van der Waals surface area contributed by atoms with Gasteiger partial charge in [-0.15, -0.1) is 0 Å². The highest BCUT2D eigenvalue weighted by atomic mass is 16.5. The van der Waals surface area contributed by atoms with Gasteiger partial charge < -0.3 is 14.8 Å². The van der Waals surface area contributed by atoms with Crippen molar-refractivity contribution >= 4 is 11.6 Å². The summed E-state index contributed by atoms with van der Waals surface area (Å²) >= 11 is 0. The Morgan fingerprint density at radius 1 is 0.960 bits per heavy atom. The van der Waals surface area contributed by atoms with Crippen molar-refractivity contribution in [2.75, 3.05) is 19.5 Å². The number of carbonyl (C=O) groups excluding carboxylic acids is 1. The van der Waals surface area contributed by atoms with E-state index in [9.17, 15) is 4.79 Å². The molecule has 3 aromatic rings. The lowest BCUT2D eigenvalue weighted by Gasteiger charge is -2.12. The van der Waals surface area contributed by atoms with Crippen molar-refractivity contribution in [3.05, 3.63) is 78.4 Å². The second-order valence-corrected chi connectivity index (χ2v) is 5.38. The van der Waals surface area contributed by atoms with Crippen LogP contribution in [0.1, 0.15) is 10.4 Å². The zero-order valence-corrected chi connectivity index (χ0v) is 14.1. The number of hydrogen-bond acceptors (Lipinski definition) is 3. The summed E-state index contributed by atoms with van der Waals surface area (Å²) in [5, 5.41) is 2.90. The molecule has 3 rings (SSSR count). The Morgan fingerprint density at radius 3 is 2.48 bits per heavy atom. The molecular formula is C21H18NO3. The van der Waals surface area contributed by atoms with E-state index in [0.717, 1.165) is 16.9 Å². The molecule has 0 spiro atoms. The van der Waals surface area contributed by atoms with E-state index in [-0.39, 0.29) is 5.91 Å². The molecule has 0 unspecified atom stereocenters. The number of nitrogens with one attached hydrogen (secondary N) is 1. The summed E-state index contributed by atoms with van der Waals surface area (Å²) in [5.41, 5.74) is 2.95. The Bertz CT molecular complexity index is 875. The van der Waals surface area contributed by atoms with Gasteiger partial charge in [-0.2, -0.15) is 0 Å². The number of amides is 1. The first-order chi connectivity index (χ1) is 12.2. The number of carbonyl (C=O) groups is 1. The molecule has 0 fully saturated rings. The van der Waals surface area contributed by atoms with E-state index >= 15 is 0 Å². The van der Waals surface area contributed by atoms with Crippen LogP contribution in [0.4, 0.5) is 5.69 Å². The second kappa shape index (κ2) is 7.53. The first kappa shape index (κ1) is 16.6. The lowest BCUT2D eigenvalue weighted by atomic mass is 10.0. The predicted octanol–water partition coefficient (Wildman–Crippen LogP) is 4.42. The molecule has 0 saturated heterocycles. The molecular weight excluding hydrogens is 314 g/mol. The number of rotatable bonds is 5. The van der Waals surface area contributed by atoms with Crippen LogP contribution in [0.25, 0.3) is 11.1 Å². The number of ether oxygens (including phenoxy) is 2. The minimum Gasteiger partial charge on any atom is -0.497 e. The summed E-state index contributed by atoms with van der Waals surface area (Å²) in [6, 6.07) is 23.3. The summed E-state index contributed by atoms with van der Waals surface area (Å²) in [4.78, 5) is 12.3. The van der Waals surface area contributed by atoms with Crippen molar-refractivity contribution in [1.29, 1.82) is 0 Å². The highest BCUT2D eigenvalue weighted by Crippen LogP contribution is 2.34. The fraction of sp³-hybridized carbons (Fsp3) is 0.0952. The molecule has 0 saturated carbocycles. The summed E-state index contributed by atoms with van der Waals surface area (Å²) in [6.45, 7) is 0. The van der Waals surface area contributed by atoms with Crippen molar-refractivity contribution in [3.8, 4) is 22.6 Å². The van der Waals surface area contributed by atoms with Crippen LogP contribution >= 0.6 is 0 Å². The van der Waals surface area contributed by atoms with Gasteiger partial charge in [-0.1, -0.05) is 24.3 Å². The van der Waals surface area contributed by atoms with Crippen molar-refractivity contribution in [3.63, 3.8) is 0 Å². The van der Waals surface area contributed by atoms with Crippen LogP contribution in [0.2, 0.25) is 0 Å². The van der Waals surface area contributed by atoms with Crippen molar-refractivity contribution in [2.24, 2.45) is 0 Å². The second-order valence-electron chi connectivity index (χ2n) is 5.38. The molecule has 0 bridgehead atoms. The zero-order valence-electron chi connectivity index (χ0n) is 14.1. The Labute approximate surface area is 147 Å². The first-order valence-corrected chi connectivity index (χ1v) is 7.82. The molecule has 1 amide bonds. The lowest BCUT2D eigenvalue weighted by Crippen LogP contribution is -2.11. The maximum atomic E-state index is 12.3. The van der Waals surface area contributed by atoms with Crippen LogP contribution in [0.3, 0.4) is 0 Å². The van der Waals surface area contributed by atoms with Crippen LogP contribution in [0.5, 0.6) is 11.5 Å². The third kappa shape index (κ3) is 3.80. The van der Waals surface area contributed by atoms with Crippen LogP contribution < -0.4 is 14.8 Å². The highest BCUT2D eigenvalue weighted by Gasteiger charge is 2.10. The van der Waals surface area contributed by atoms with Crippen LogP contribution in [-0.2, 0) is 0 Å². The number of methoxy groups -OCH3 is 2. The third-order valence-electron chi connectivity index (χ3n) is 3.79. The largest absolute Gasteiger partial charge is 0.497 e. The quantitative estimate of drug-likeness (QED) is 0.752. The van der Waals surface area contributed by atoms with Crippen LogP contribution in [-0.4, -0.2) is 20.1 Å². The first-order valence-electron chi connectivity index (χ1n) is 7.82. The topological polar surface area (TPSA) is 47.6 Å². The third-order valence-corrected chi connectivity index (χ3v) is 3.79. The van der Waals surface area contributed by atoms with E-state index in [1.165, 1.54) is 0 Å². The van der Waals surface area contributed by atoms with E-state index in [1.807, 2.05) is 42.5 Å². The van der Waals surface area contributed by atoms with Gasteiger partial charge in [0.05, 0.1) is 14.2 Å². The standard InChI is InChI=1S/C21H18NO3/c1-24-18-11-12-20(25-2)19(14-18)16-9-6-10-17(13-16)22-21(23)15-7-4-3-5-8-15/h3-8,10-14H,1-2H3,(H,22,23). The zero-order chi connectivity index (χ0) is 17.6. The van der Waals surface area contributed by atoms with E-state index in [4.69, 9.17) is 9.47 Å². The molecule has 4 nitrogen and oxygen atoms in total. The van der Waals surface area contributed by atoms with Crippen LogP contribution in [0.15, 0.2) is 66.7 Å². The van der Waals surface area contributed by atoms with E-state index in [1.54, 1.807) is 38.5 Å². The molecule has 0 aliphatic heterocycles. The average Bonchev–Trinajstić information content (AvgIpc) is 2.68. The Morgan fingerprint density at radius 2 is 1.76 bits per heavy atom. The van der Waals surface area contributed by atoms with Gasteiger partial charge in [-0.05, 0) is 54.1 Å². The van der Waals surface area contributed by atoms with Crippen molar-refractivity contribution in [1.82, 2.24) is 0 Å². The molecule has 4 heteroatoms. The minimum atomic E-state index is -0.157. The highest BCUT2D eigenvalue weighted by molar-refractivity contribution is 6.04. The normalized spacial score (nSPS) is 10.2. The minimum absolute atomic E-state index is 0.157. The summed E-state index contributed by atoms with van der Waals surface area (Å²) in [6.07, 6.45) is 0. The monoisotopic (exact) mass is 332 g/mol. The molecule has 25 heavy (non-hydrogen) atoms. The summed E-state index contributed by atoms with van der Waals surface area (Å²) in [5.74, 6) is 1.28. The summed E-state index contributed by atoms with van der Waals surface area (Å²) < 4.78 is 10.7. The van der Waals surface area contributed by atoms with Gasteiger partial charge in [0.1, 0.15) is 11.5 Å². The van der Waals surface area contributed by atoms with Gasteiger partial charge in [0.25, 0.3) is 5.91 Å². The molecule has 0 aromatic heterocycles. The molecule has 0 heterocycles. The van der Waals surface area contributed by atoms with Gasteiger partial charge in [-0.3, -0.25) is 4.79 Å². The Kier molecular flexibility index (Phi) is 5.00. The molecule has 0 aliphatic carbocycles. The van der Waals surface area contributed by atoms with Crippen molar-refractivity contribution in [2.45, 2.75) is 0 Å². The molecule has 0 aliphatic rings. The van der Waals surface area contributed by atoms with Crippen LogP contribution in [0, 0.1) is 6.07 Å². The Hall–Kier alpha value is -3.27. The molecule has 0 atom stereocenters. The smallest absolute Gasteiger partial charge is 0.255 e. The van der Waals surface area contributed by atoms with E-state index in [2.05, 4.69) is 11.4 Å². The van der Waals surface area contributed by atoms with Gasteiger partial charge in [-0.25, -0.2) is 0 Å². The lowest BCUT2D eigenvalue weighted by molar-refractivity contribution is 0.102. The molecule has 1 N–H and O–H groups in total. The maximum Gasteiger partial charge on any atom is 0.255 e. The maximum absolute atomic E-state index is 12.3. The Balaban J connectivity index is 1.91. The number of benzene rings is 3. The average molecular weight is 332 g/mol. The van der Waals surface area contributed by atoms with Gasteiger partial charge in [0.2, 0.25) is 0 Å².